The zero-order chi connectivity index (χ0) is 23.1. The van der Waals surface area contributed by atoms with E-state index in [-0.39, 0.29) is 24.5 Å². The quantitative estimate of drug-likeness (QED) is 0.597. The Morgan fingerprint density at radius 1 is 1.19 bits per heavy atom. The molecule has 32 heavy (non-hydrogen) atoms. The minimum atomic E-state index is -0.354. The van der Waals surface area contributed by atoms with Gasteiger partial charge >= 0.3 is 0 Å². The molecular weight excluding hydrogens is 428 g/mol. The number of ether oxygens (including phenoxy) is 3. The van der Waals surface area contributed by atoms with Gasteiger partial charge < -0.3 is 24.8 Å². The summed E-state index contributed by atoms with van der Waals surface area (Å²) in [7, 11) is 4.85. The number of rotatable bonds is 9. The minimum absolute atomic E-state index is 0.00561. The van der Waals surface area contributed by atoms with E-state index in [4.69, 9.17) is 19.9 Å². The molecule has 0 bridgehead atoms. The van der Waals surface area contributed by atoms with Crippen LogP contribution in [-0.2, 0) is 11.3 Å². The monoisotopic (exact) mass is 462 g/mol. The smallest absolute Gasteiger partial charge is 0.238 e. The summed E-state index contributed by atoms with van der Waals surface area (Å²) >= 11 is 1.63. The van der Waals surface area contributed by atoms with Gasteiger partial charge in [-0.1, -0.05) is 0 Å². The molecule has 1 aromatic rings. The van der Waals surface area contributed by atoms with Gasteiger partial charge in [0, 0.05) is 30.5 Å². The number of nitriles is 1. The van der Waals surface area contributed by atoms with Gasteiger partial charge in [-0.25, -0.2) is 0 Å². The second-order valence-electron chi connectivity index (χ2n) is 8.33. The van der Waals surface area contributed by atoms with E-state index in [9.17, 15) is 10.1 Å². The van der Waals surface area contributed by atoms with E-state index in [2.05, 4.69) is 11.0 Å². The summed E-state index contributed by atoms with van der Waals surface area (Å²) in [5.41, 5.74) is 6.78. The molecule has 0 radical (unpaired) electrons. The van der Waals surface area contributed by atoms with Gasteiger partial charge in [-0.15, -0.1) is 11.8 Å². The largest absolute Gasteiger partial charge is 0.496 e. The standard InChI is InChI=1S/C23H34N4O4S/c1-29-19-8-21(30-2)20(22(9-19)31-3)12-26(17-6-4-16(10-24)5-7-17)13-23(28)27-15-32-14-18(27)11-25/h8-9,16-18H,4-7,10,12-15,24H2,1-3H3/t16?,17?,18-/m1/s1. The summed E-state index contributed by atoms with van der Waals surface area (Å²) in [6.07, 6.45) is 4.10. The predicted octanol–water partition coefficient (Wildman–Crippen LogP) is 2.46. The second-order valence-corrected chi connectivity index (χ2v) is 9.33. The number of nitrogens with zero attached hydrogens (tertiary/aromatic N) is 3. The summed E-state index contributed by atoms with van der Waals surface area (Å²) in [6.45, 7) is 1.48. The second kappa shape index (κ2) is 11.6. The Kier molecular flexibility index (Phi) is 8.91. The number of carbonyl (C=O) groups excluding carboxylic acids is 1. The van der Waals surface area contributed by atoms with E-state index in [0.29, 0.717) is 47.9 Å². The highest BCUT2D eigenvalue weighted by atomic mass is 32.2. The van der Waals surface area contributed by atoms with E-state index in [1.807, 2.05) is 12.1 Å². The molecule has 2 fully saturated rings. The van der Waals surface area contributed by atoms with Gasteiger partial charge in [0.05, 0.1) is 45.4 Å². The summed E-state index contributed by atoms with van der Waals surface area (Å²) < 4.78 is 16.7. The molecule has 8 nitrogen and oxygen atoms in total. The van der Waals surface area contributed by atoms with Crippen LogP contribution in [-0.4, -0.2) is 73.8 Å². The molecule has 0 spiro atoms. The molecule has 0 aromatic heterocycles. The maximum Gasteiger partial charge on any atom is 0.238 e. The molecule has 1 saturated carbocycles. The normalized spacial score (nSPS) is 23.1. The van der Waals surface area contributed by atoms with Crippen molar-refractivity contribution in [2.75, 3.05) is 46.0 Å². The molecule has 9 heteroatoms. The highest BCUT2D eigenvalue weighted by molar-refractivity contribution is 7.99. The number of hydrogen-bond acceptors (Lipinski definition) is 8. The Labute approximate surface area is 195 Å². The van der Waals surface area contributed by atoms with Crippen LogP contribution < -0.4 is 19.9 Å². The average Bonchev–Trinajstić information content (AvgIpc) is 3.32. The van der Waals surface area contributed by atoms with Crippen LogP contribution in [0.5, 0.6) is 17.2 Å². The molecule has 176 valence electrons. The molecule has 1 aromatic carbocycles. The van der Waals surface area contributed by atoms with Crippen molar-refractivity contribution < 1.29 is 19.0 Å². The van der Waals surface area contributed by atoms with Crippen molar-refractivity contribution >= 4 is 17.7 Å². The van der Waals surface area contributed by atoms with Crippen LogP contribution in [0.15, 0.2) is 12.1 Å². The number of benzene rings is 1. The Bertz CT molecular complexity index is 798. The van der Waals surface area contributed by atoms with Crippen molar-refractivity contribution in [3.05, 3.63) is 17.7 Å². The van der Waals surface area contributed by atoms with E-state index < -0.39 is 0 Å². The molecule has 1 atom stereocenters. The van der Waals surface area contributed by atoms with Gasteiger partial charge in [0.25, 0.3) is 0 Å². The zero-order valence-electron chi connectivity index (χ0n) is 19.2. The lowest BCUT2D eigenvalue weighted by Crippen LogP contribution is -2.47. The highest BCUT2D eigenvalue weighted by Gasteiger charge is 2.33. The molecule has 1 aliphatic heterocycles. The Morgan fingerprint density at radius 3 is 2.38 bits per heavy atom. The molecule has 2 aliphatic rings. The van der Waals surface area contributed by atoms with E-state index in [0.717, 1.165) is 31.2 Å². The summed E-state index contributed by atoms with van der Waals surface area (Å²) in [6, 6.07) is 5.84. The Morgan fingerprint density at radius 2 is 1.84 bits per heavy atom. The lowest BCUT2D eigenvalue weighted by Gasteiger charge is -2.37. The Balaban J connectivity index is 1.86. The minimum Gasteiger partial charge on any atom is -0.496 e. The van der Waals surface area contributed by atoms with Crippen molar-refractivity contribution in [3.8, 4) is 23.3 Å². The van der Waals surface area contributed by atoms with Crippen molar-refractivity contribution in [1.29, 1.82) is 5.26 Å². The van der Waals surface area contributed by atoms with Gasteiger partial charge in [-0.05, 0) is 38.1 Å². The number of hydrogen-bond donors (Lipinski definition) is 1. The maximum atomic E-state index is 13.2. The number of nitrogens with two attached hydrogens (primary N) is 1. The third-order valence-electron chi connectivity index (χ3n) is 6.53. The molecule has 3 rings (SSSR count). The summed E-state index contributed by atoms with van der Waals surface area (Å²) in [4.78, 5) is 17.1. The molecule has 1 heterocycles. The molecular formula is C23H34N4O4S. The fourth-order valence-electron chi connectivity index (χ4n) is 4.56. The third-order valence-corrected chi connectivity index (χ3v) is 7.55. The third kappa shape index (κ3) is 5.61. The van der Waals surface area contributed by atoms with Crippen molar-refractivity contribution in [3.63, 3.8) is 0 Å². The van der Waals surface area contributed by atoms with Crippen LogP contribution in [0.25, 0.3) is 0 Å². The van der Waals surface area contributed by atoms with Crippen molar-refractivity contribution in [2.45, 2.75) is 44.3 Å². The van der Waals surface area contributed by atoms with Crippen LogP contribution in [0.2, 0.25) is 0 Å². The van der Waals surface area contributed by atoms with E-state index >= 15 is 0 Å². The molecule has 2 N–H and O–H groups in total. The SMILES string of the molecule is COc1cc(OC)c(CN(CC(=O)N2CSC[C@H]2C#N)C2CCC(CN)CC2)c(OC)c1. The number of methoxy groups -OCH3 is 3. The highest BCUT2D eigenvalue weighted by Crippen LogP contribution is 2.37. The lowest BCUT2D eigenvalue weighted by molar-refractivity contribution is -0.133. The fourth-order valence-corrected chi connectivity index (χ4v) is 5.66. The van der Waals surface area contributed by atoms with Crippen LogP contribution in [0.3, 0.4) is 0 Å². The first-order valence-electron chi connectivity index (χ1n) is 11.0. The van der Waals surface area contributed by atoms with Gasteiger partial charge in [0.1, 0.15) is 23.3 Å². The van der Waals surface area contributed by atoms with Gasteiger partial charge in [-0.2, -0.15) is 5.26 Å². The van der Waals surface area contributed by atoms with E-state index in [1.165, 1.54) is 0 Å². The fraction of sp³-hybridized carbons (Fsp3) is 0.652. The molecule has 1 saturated heterocycles. The first kappa shape index (κ1) is 24.5. The number of thioether (sulfide) groups is 1. The van der Waals surface area contributed by atoms with Crippen molar-refractivity contribution in [2.24, 2.45) is 11.7 Å². The lowest BCUT2D eigenvalue weighted by atomic mass is 9.85. The van der Waals surface area contributed by atoms with Crippen molar-refractivity contribution in [1.82, 2.24) is 9.80 Å². The van der Waals surface area contributed by atoms with Crippen LogP contribution >= 0.6 is 11.8 Å². The topological polar surface area (TPSA) is 101 Å². The molecule has 1 aliphatic carbocycles. The summed E-state index contributed by atoms with van der Waals surface area (Å²) in [5, 5.41) is 9.42. The number of carbonyl (C=O) groups is 1. The first-order valence-corrected chi connectivity index (χ1v) is 12.2. The number of amides is 1. The van der Waals surface area contributed by atoms with E-state index in [1.54, 1.807) is 38.0 Å². The zero-order valence-corrected chi connectivity index (χ0v) is 20.0. The van der Waals surface area contributed by atoms with Gasteiger partial charge in [0.15, 0.2) is 0 Å². The van der Waals surface area contributed by atoms with Gasteiger partial charge in [-0.3, -0.25) is 9.69 Å². The molecule has 1 amide bonds. The van der Waals surface area contributed by atoms with Crippen LogP contribution in [0.4, 0.5) is 0 Å². The Hall–Kier alpha value is -2.15. The van der Waals surface area contributed by atoms with Crippen LogP contribution in [0, 0.1) is 17.2 Å². The first-order chi connectivity index (χ1) is 15.5. The molecule has 0 unspecified atom stereocenters. The average molecular weight is 463 g/mol. The maximum absolute atomic E-state index is 13.2. The summed E-state index contributed by atoms with van der Waals surface area (Å²) in [5.74, 6) is 3.77. The van der Waals surface area contributed by atoms with Crippen LogP contribution in [0.1, 0.15) is 31.2 Å². The predicted molar refractivity (Wildman–Crippen MR) is 125 cm³/mol. The van der Waals surface area contributed by atoms with Gasteiger partial charge in [0.2, 0.25) is 5.91 Å².